The molecule has 2 unspecified atom stereocenters. The first-order valence-corrected chi connectivity index (χ1v) is 5.03. The monoisotopic (exact) mass is 234 g/mol. The summed E-state index contributed by atoms with van der Waals surface area (Å²) in [4.78, 5) is 0. The van der Waals surface area contributed by atoms with Crippen LogP contribution in [0.1, 0.15) is 17.2 Å². The van der Waals surface area contributed by atoms with Crippen molar-refractivity contribution in [3.63, 3.8) is 0 Å². The molecule has 2 N–H and O–H groups in total. The molecule has 2 nitrogen and oxygen atoms in total. The van der Waals surface area contributed by atoms with Gasteiger partial charge in [0.2, 0.25) is 0 Å². The minimum Gasteiger partial charge on any atom is -0.389 e. The smallest absolute Gasteiger partial charge is 0.134 e. The van der Waals surface area contributed by atoms with E-state index in [0.717, 1.165) is 6.07 Å². The van der Waals surface area contributed by atoms with E-state index in [4.69, 9.17) is 0 Å². The predicted octanol–water partition coefficient (Wildman–Crippen LogP) is 1.60. The Balaban J connectivity index is 3.18. The molecule has 0 aliphatic carbocycles. The number of thiol groups is 1. The van der Waals surface area contributed by atoms with Crippen molar-refractivity contribution in [1.29, 1.82) is 0 Å². The molecule has 0 aliphatic heterocycles. The number of rotatable bonds is 3. The molecule has 1 aromatic carbocycles. The van der Waals surface area contributed by atoms with E-state index in [9.17, 15) is 19.0 Å². The lowest BCUT2D eigenvalue weighted by atomic mass is 10.0. The van der Waals surface area contributed by atoms with Gasteiger partial charge in [0.05, 0.1) is 11.7 Å². The summed E-state index contributed by atoms with van der Waals surface area (Å²) in [6.45, 7) is 1.46. The second-order valence-corrected chi connectivity index (χ2v) is 3.65. The normalized spacial score (nSPS) is 15.1. The van der Waals surface area contributed by atoms with E-state index in [1.165, 1.54) is 13.0 Å². The highest BCUT2D eigenvalue weighted by Gasteiger charge is 2.24. The maximum Gasteiger partial charge on any atom is 0.134 e. The van der Waals surface area contributed by atoms with Gasteiger partial charge in [-0.15, -0.1) is 0 Å². The fourth-order valence-electron chi connectivity index (χ4n) is 1.24. The summed E-state index contributed by atoms with van der Waals surface area (Å²) in [6.07, 6.45) is -2.89. The number of aryl methyl sites for hydroxylation is 1. The van der Waals surface area contributed by atoms with Crippen molar-refractivity contribution < 1.29 is 19.0 Å². The van der Waals surface area contributed by atoms with Crippen LogP contribution in [0.3, 0.4) is 0 Å². The molecule has 0 radical (unpaired) electrons. The molecule has 2 atom stereocenters. The molecule has 0 saturated heterocycles. The Hall–Kier alpha value is -0.650. The van der Waals surface area contributed by atoms with Gasteiger partial charge in [-0.05, 0) is 18.6 Å². The van der Waals surface area contributed by atoms with Gasteiger partial charge in [-0.3, -0.25) is 0 Å². The van der Waals surface area contributed by atoms with Crippen LogP contribution in [0.5, 0.6) is 0 Å². The van der Waals surface area contributed by atoms with Crippen LogP contribution in [0.4, 0.5) is 8.78 Å². The molecule has 0 bridgehead atoms. The number of hydrogen-bond donors (Lipinski definition) is 3. The van der Waals surface area contributed by atoms with E-state index in [-0.39, 0.29) is 11.3 Å². The maximum atomic E-state index is 13.5. The summed E-state index contributed by atoms with van der Waals surface area (Å²) in [5, 5.41) is 18.8. The van der Waals surface area contributed by atoms with E-state index in [2.05, 4.69) is 12.6 Å². The largest absolute Gasteiger partial charge is 0.389 e. The van der Waals surface area contributed by atoms with Crippen molar-refractivity contribution in [3.05, 3.63) is 34.9 Å². The molecule has 84 valence electrons. The molecule has 0 aromatic heterocycles. The van der Waals surface area contributed by atoms with Crippen molar-refractivity contribution >= 4 is 12.6 Å². The van der Waals surface area contributed by atoms with Gasteiger partial charge in [0.1, 0.15) is 17.7 Å². The Morgan fingerprint density at radius 1 is 1.33 bits per heavy atom. The highest BCUT2D eigenvalue weighted by Crippen LogP contribution is 2.25. The van der Waals surface area contributed by atoms with Crippen LogP contribution in [0, 0.1) is 18.6 Å². The molecule has 1 aromatic rings. The minimum absolute atomic E-state index is 0.0754. The maximum absolute atomic E-state index is 13.5. The standard InChI is InChI=1S/C10H12F2O2S/c1-5-2-3-6(11)8(9(5)12)10(14)7(13)4-15/h2-3,7,10,13-15H,4H2,1H3. The van der Waals surface area contributed by atoms with Gasteiger partial charge in [0, 0.05) is 5.75 Å². The van der Waals surface area contributed by atoms with Crippen LogP contribution >= 0.6 is 12.6 Å². The van der Waals surface area contributed by atoms with Gasteiger partial charge in [-0.1, -0.05) is 6.07 Å². The molecular weight excluding hydrogens is 222 g/mol. The number of hydrogen-bond acceptors (Lipinski definition) is 3. The molecule has 0 saturated carbocycles. The summed E-state index contributed by atoms with van der Waals surface area (Å²) in [6, 6.07) is 2.33. The average Bonchev–Trinajstić information content (AvgIpc) is 2.22. The molecule has 0 spiro atoms. The number of benzene rings is 1. The average molecular weight is 234 g/mol. The molecule has 5 heteroatoms. The van der Waals surface area contributed by atoms with E-state index in [1.807, 2.05) is 0 Å². The Labute approximate surface area is 92.0 Å². The molecular formula is C10H12F2O2S. The van der Waals surface area contributed by atoms with E-state index >= 15 is 0 Å². The third-order valence-corrected chi connectivity index (χ3v) is 2.54. The summed E-state index contributed by atoms with van der Waals surface area (Å²) in [5.74, 6) is -1.77. The number of halogens is 2. The molecule has 15 heavy (non-hydrogen) atoms. The zero-order valence-electron chi connectivity index (χ0n) is 8.11. The quantitative estimate of drug-likeness (QED) is 0.695. The first-order valence-electron chi connectivity index (χ1n) is 4.40. The lowest BCUT2D eigenvalue weighted by Gasteiger charge is -2.18. The van der Waals surface area contributed by atoms with Crippen LogP contribution in [-0.2, 0) is 0 Å². The lowest BCUT2D eigenvalue weighted by molar-refractivity contribution is 0.0290. The first-order chi connectivity index (χ1) is 6.99. The van der Waals surface area contributed by atoms with Gasteiger partial charge >= 0.3 is 0 Å². The SMILES string of the molecule is Cc1ccc(F)c(C(O)C(O)CS)c1F. The highest BCUT2D eigenvalue weighted by atomic mass is 32.1. The van der Waals surface area contributed by atoms with Gasteiger partial charge < -0.3 is 10.2 Å². The third-order valence-electron chi connectivity index (χ3n) is 2.17. The van der Waals surface area contributed by atoms with Crippen molar-refractivity contribution in [1.82, 2.24) is 0 Å². The number of aliphatic hydroxyl groups is 2. The molecule has 0 aliphatic rings. The fourth-order valence-corrected chi connectivity index (χ4v) is 1.44. The second kappa shape index (κ2) is 4.92. The van der Waals surface area contributed by atoms with Crippen LogP contribution < -0.4 is 0 Å². The van der Waals surface area contributed by atoms with Crippen molar-refractivity contribution in [2.75, 3.05) is 5.75 Å². The van der Waals surface area contributed by atoms with Crippen molar-refractivity contribution in [3.8, 4) is 0 Å². The summed E-state index contributed by atoms with van der Waals surface area (Å²) in [7, 11) is 0. The third kappa shape index (κ3) is 2.48. The van der Waals surface area contributed by atoms with Crippen LogP contribution in [-0.4, -0.2) is 22.1 Å². The number of aliphatic hydroxyl groups excluding tert-OH is 2. The summed E-state index contributed by atoms with van der Waals surface area (Å²) < 4.78 is 26.7. The Morgan fingerprint density at radius 2 is 1.93 bits per heavy atom. The van der Waals surface area contributed by atoms with Crippen LogP contribution in [0.15, 0.2) is 12.1 Å². The van der Waals surface area contributed by atoms with E-state index in [1.54, 1.807) is 0 Å². The Kier molecular flexibility index (Phi) is 4.07. The predicted molar refractivity (Wildman–Crippen MR) is 55.9 cm³/mol. The van der Waals surface area contributed by atoms with E-state index in [0.29, 0.717) is 0 Å². The zero-order chi connectivity index (χ0) is 11.6. The van der Waals surface area contributed by atoms with Gasteiger partial charge in [-0.2, -0.15) is 12.6 Å². The zero-order valence-corrected chi connectivity index (χ0v) is 9.01. The van der Waals surface area contributed by atoms with Gasteiger partial charge in [-0.25, -0.2) is 8.78 Å². The van der Waals surface area contributed by atoms with Crippen molar-refractivity contribution in [2.45, 2.75) is 19.1 Å². The molecule has 0 heterocycles. The topological polar surface area (TPSA) is 40.5 Å². The Morgan fingerprint density at radius 3 is 2.47 bits per heavy atom. The molecule has 0 amide bonds. The summed E-state index contributed by atoms with van der Waals surface area (Å²) >= 11 is 3.74. The Bertz CT molecular complexity index is 358. The van der Waals surface area contributed by atoms with E-state index < -0.39 is 29.4 Å². The van der Waals surface area contributed by atoms with Crippen LogP contribution in [0.25, 0.3) is 0 Å². The fraction of sp³-hybridized carbons (Fsp3) is 0.400. The lowest BCUT2D eigenvalue weighted by Crippen LogP contribution is -2.22. The minimum atomic E-state index is -1.60. The highest BCUT2D eigenvalue weighted by molar-refractivity contribution is 7.80. The second-order valence-electron chi connectivity index (χ2n) is 3.29. The van der Waals surface area contributed by atoms with Crippen molar-refractivity contribution in [2.24, 2.45) is 0 Å². The summed E-state index contributed by atoms with van der Waals surface area (Å²) in [5.41, 5.74) is -0.284. The van der Waals surface area contributed by atoms with Crippen LogP contribution in [0.2, 0.25) is 0 Å². The first kappa shape index (κ1) is 12.4. The molecule has 1 rings (SSSR count). The molecule has 0 fully saturated rings. The van der Waals surface area contributed by atoms with Gasteiger partial charge in [0.25, 0.3) is 0 Å². The van der Waals surface area contributed by atoms with Gasteiger partial charge in [0.15, 0.2) is 0 Å².